The fourth-order valence-corrected chi connectivity index (χ4v) is 2.45. The zero-order valence-electron chi connectivity index (χ0n) is 13.3. The molecule has 0 spiro atoms. The van der Waals surface area contributed by atoms with Gasteiger partial charge in [0.05, 0.1) is 7.11 Å². The monoisotopic (exact) mass is 439 g/mol. The lowest BCUT2D eigenvalue weighted by Crippen LogP contribution is -2.21. The van der Waals surface area contributed by atoms with Crippen LogP contribution in [0.2, 0.25) is 0 Å². The minimum absolute atomic E-state index is 0.192. The van der Waals surface area contributed by atoms with E-state index >= 15 is 0 Å². The fraction of sp³-hybridized carbons (Fsp3) is 0.222. The van der Waals surface area contributed by atoms with Gasteiger partial charge in [-0.2, -0.15) is 0 Å². The van der Waals surface area contributed by atoms with Crippen molar-refractivity contribution in [3.8, 4) is 5.75 Å². The van der Waals surface area contributed by atoms with Crippen LogP contribution < -0.4 is 10.1 Å². The van der Waals surface area contributed by atoms with Gasteiger partial charge in [-0.3, -0.25) is 9.59 Å². The Morgan fingerprint density at radius 2 is 1.79 bits per heavy atom. The van der Waals surface area contributed by atoms with Gasteiger partial charge >= 0.3 is 5.97 Å². The highest BCUT2D eigenvalue weighted by molar-refractivity contribution is 14.1. The van der Waals surface area contributed by atoms with E-state index in [1.54, 1.807) is 19.2 Å². The van der Waals surface area contributed by atoms with Gasteiger partial charge in [0.25, 0.3) is 5.91 Å². The van der Waals surface area contributed by atoms with E-state index in [1.165, 1.54) is 0 Å². The standard InChI is InChI=1S/C18H18INO4/c1-23-16-5-3-2-4-13(16)6-11-18(22)24-12-17(21)20-15-9-7-14(19)8-10-15/h2-5,7-10H,6,11-12H2,1H3,(H,20,21). The predicted octanol–water partition coefficient (Wildman–Crippen LogP) is 3.41. The Hall–Kier alpha value is -2.09. The van der Waals surface area contributed by atoms with Gasteiger partial charge in [-0.15, -0.1) is 0 Å². The molecule has 0 aromatic heterocycles. The highest BCUT2D eigenvalue weighted by atomic mass is 127. The molecule has 0 atom stereocenters. The van der Waals surface area contributed by atoms with E-state index in [4.69, 9.17) is 9.47 Å². The van der Waals surface area contributed by atoms with Crippen molar-refractivity contribution < 1.29 is 19.1 Å². The number of hydrogen-bond donors (Lipinski definition) is 1. The zero-order chi connectivity index (χ0) is 17.4. The van der Waals surface area contributed by atoms with E-state index < -0.39 is 5.97 Å². The molecule has 5 nitrogen and oxygen atoms in total. The summed E-state index contributed by atoms with van der Waals surface area (Å²) >= 11 is 2.18. The number of anilines is 1. The summed E-state index contributed by atoms with van der Waals surface area (Å²) in [5.74, 6) is -0.0396. The Kier molecular flexibility index (Phi) is 7.05. The van der Waals surface area contributed by atoms with E-state index in [1.807, 2.05) is 36.4 Å². The van der Waals surface area contributed by atoms with Crippen molar-refractivity contribution >= 4 is 40.2 Å². The van der Waals surface area contributed by atoms with E-state index in [9.17, 15) is 9.59 Å². The number of nitrogens with one attached hydrogen (secondary N) is 1. The predicted molar refractivity (Wildman–Crippen MR) is 100 cm³/mol. The van der Waals surface area contributed by atoms with Crippen molar-refractivity contribution in [1.29, 1.82) is 0 Å². The van der Waals surface area contributed by atoms with Crippen molar-refractivity contribution in [2.24, 2.45) is 0 Å². The number of esters is 1. The quantitative estimate of drug-likeness (QED) is 0.531. The minimum Gasteiger partial charge on any atom is -0.496 e. The number of methoxy groups -OCH3 is 1. The average molecular weight is 439 g/mol. The number of carbonyl (C=O) groups excluding carboxylic acids is 2. The van der Waals surface area contributed by atoms with Crippen LogP contribution in [0.4, 0.5) is 5.69 Å². The van der Waals surface area contributed by atoms with Gasteiger partial charge in [0.1, 0.15) is 5.75 Å². The molecule has 0 aliphatic carbocycles. The first-order valence-corrected chi connectivity index (χ1v) is 8.49. The zero-order valence-corrected chi connectivity index (χ0v) is 15.4. The molecule has 0 fully saturated rings. The molecular formula is C18H18INO4. The van der Waals surface area contributed by atoms with Crippen LogP contribution in [0.1, 0.15) is 12.0 Å². The van der Waals surface area contributed by atoms with Crippen LogP contribution in [-0.4, -0.2) is 25.6 Å². The number of benzene rings is 2. The number of amides is 1. The van der Waals surface area contributed by atoms with Crippen LogP contribution in [-0.2, 0) is 20.7 Å². The summed E-state index contributed by atoms with van der Waals surface area (Å²) in [7, 11) is 1.59. The number of rotatable bonds is 7. The Balaban J connectivity index is 1.74. The van der Waals surface area contributed by atoms with Gasteiger partial charge in [-0.1, -0.05) is 18.2 Å². The number of aryl methyl sites for hydroxylation is 1. The largest absolute Gasteiger partial charge is 0.496 e. The third-order valence-electron chi connectivity index (χ3n) is 3.28. The molecule has 2 aromatic carbocycles. The second-order valence-electron chi connectivity index (χ2n) is 5.03. The Morgan fingerprint density at radius 3 is 2.50 bits per heavy atom. The first-order chi connectivity index (χ1) is 11.6. The van der Waals surface area contributed by atoms with Crippen molar-refractivity contribution in [2.75, 3.05) is 19.0 Å². The molecular weight excluding hydrogens is 421 g/mol. The van der Waals surface area contributed by atoms with Crippen LogP contribution >= 0.6 is 22.6 Å². The summed E-state index contributed by atoms with van der Waals surface area (Å²) in [6.45, 7) is -0.295. The molecule has 2 rings (SSSR count). The van der Waals surface area contributed by atoms with Gasteiger partial charge in [0.2, 0.25) is 0 Å². The summed E-state index contributed by atoms with van der Waals surface area (Å²) in [5.41, 5.74) is 1.60. The van der Waals surface area contributed by atoms with Crippen LogP contribution in [0.25, 0.3) is 0 Å². The highest BCUT2D eigenvalue weighted by Crippen LogP contribution is 2.19. The summed E-state index contributed by atoms with van der Waals surface area (Å²) in [5, 5.41) is 2.68. The van der Waals surface area contributed by atoms with Crippen molar-refractivity contribution in [3.63, 3.8) is 0 Å². The maximum absolute atomic E-state index is 11.8. The number of carbonyl (C=O) groups is 2. The molecule has 24 heavy (non-hydrogen) atoms. The number of ether oxygens (including phenoxy) is 2. The number of para-hydroxylation sites is 1. The first-order valence-electron chi connectivity index (χ1n) is 7.41. The normalized spacial score (nSPS) is 10.1. The molecule has 0 aliphatic rings. The number of halogens is 1. The Morgan fingerprint density at radius 1 is 1.08 bits per heavy atom. The van der Waals surface area contributed by atoms with E-state index in [-0.39, 0.29) is 18.9 Å². The first kappa shape index (κ1) is 18.3. The topological polar surface area (TPSA) is 64.6 Å². The average Bonchev–Trinajstić information content (AvgIpc) is 2.60. The molecule has 1 amide bonds. The SMILES string of the molecule is COc1ccccc1CCC(=O)OCC(=O)Nc1ccc(I)cc1. The second-order valence-corrected chi connectivity index (χ2v) is 6.27. The molecule has 1 N–H and O–H groups in total. The van der Waals surface area contributed by atoms with Crippen molar-refractivity contribution in [1.82, 2.24) is 0 Å². The van der Waals surface area contributed by atoms with E-state index in [0.717, 1.165) is 14.9 Å². The molecule has 0 aliphatic heterocycles. The molecule has 0 bridgehead atoms. The van der Waals surface area contributed by atoms with E-state index in [2.05, 4.69) is 27.9 Å². The Bertz CT molecular complexity index is 700. The summed E-state index contributed by atoms with van der Waals surface area (Å²) in [4.78, 5) is 23.5. The van der Waals surface area contributed by atoms with Crippen molar-refractivity contribution in [2.45, 2.75) is 12.8 Å². The number of hydrogen-bond acceptors (Lipinski definition) is 4. The lowest BCUT2D eigenvalue weighted by Gasteiger charge is -2.09. The molecule has 0 saturated carbocycles. The molecule has 2 aromatic rings. The molecule has 0 saturated heterocycles. The maximum atomic E-state index is 11.8. The van der Waals surface area contributed by atoms with Gasteiger partial charge in [-0.05, 0) is 64.9 Å². The van der Waals surface area contributed by atoms with Crippen LogP contribution in [0.3, 0.4) is 0 Å². The van der Waals surface area contributed by atoms with Gasteiger partial charge in [-0.25, -0.2) is 0 Å². The summed E-state index contributed by atoms with van der Waals surface area (Å²) in [6.07, 6.45) is 0.693. The third kappa shape index (κ3) is 5.84. The minimum atomic E-state index is -0.418. The second kappa shape index (κ2) is 9.27. The lowest BCUT2D eigenvalue weighted by molar-refractivity contribution is -0.147. The van der Waals surface area contributed by atoms with Crippen LogP contribution in [0.15, 0.2) is 48.5 Å². The molecule has 0 heterocycles. The highest BCUT2D eigenvalue weighted by Gasteiger charge is 2.10. The molecule has 6 heteroatoms. The summed E-state index contributed by atoms with van der Waals surface area (Å²) in [6, 6.07) is 14.9. The lowest BCUT2D eigenvalue weighted by atomic mass is 10.1. The Labute approximate surface area is 154 Å². The van der Waals surface area contributed by atoms with E-state index in [0.29, 0.717) is 12.1 Å². The molecule has 0 radical (unpaired) electrons. The third-order valence-corrected chi connectivity index (χ3v) is 4.00. The smallest absolute Gasteiger partial charge is 0.306 e. The van der Waals surface area contributed by atoms with Gasteiger partial charge in [0, 0.05) is 15.7 Å². The van der Waals surface area contributed by atoms with Gasteiger partial charge < -0.3 is 14.8 Å². The van der Waals surface area contributed by atoms with Crippen molar-refractivity contribution in [3.05, 3.63) is 57.7 Å². The van der Waals surface area contributed by atoms with Crippen LogP contribution in [0.5, 0.6) is 5.75 Å². The maximum Gasteiger partial charge on any atom is 0.306 e. The molecule has 126 valence electrons. The summed E-state index contributed by atoms with van der Waals surface area (Å²) < 4.78 is 11.3. The molecule has 0 unspecified atom stereocenters. The fourth-order valence-electron chi connectivity index (χ4n) is 2.09. The van der Waals surface area contributed by atoms with Gasteiger partial charge in [0.15, 0.2) is 6.61 Å². The van der Waals surface area contributed by atoms with Crippen LogP contribution in [0, 0.1) is 3.57 Å².